The molecule has 3 N–H and O–H groups in total. The van der Waals surface area contributed by atoms with E-state index in [1.807, 2.05) is 4.90 Å². The third-order valence-electron chi connectivity index (χ3n) is 3.47. The second-order valence-corrected chi connectivity index (χ2v) is 4.67. The summed E-state index contributed by atoms with van der Waals surface area (Å²) in [5.41, 5.74) is 2.25. The Hall–Kier alpha value is -1.96. The van der Waals surface area contributed by atoms with Crippen LogP contribution in [0.2, 0.25) is 0 Å². The average molecular weight is 266 g/mol. The van der Waals surface area contributed by atoms with E-state index < -0.39 is 4.92 Å². The Morgan fingerprint density at radius 3 is 3.11 bits per heavy atom. The molecule has 0 bridgehead atoms. The van der Waals surface area contributed by atoms with Crippen LogP contribution in [0.15, 0.2) is 6.20 Å². The molecule has 1 fully saturated rings. The van der Waals surface area contributed by atoms with Gasteiger partial charge in [0.2, 0.25) is 11.8 Å². The zero-order valence-electron chi connectivity index (χ0n) is 10.9. The topological polar surface area (TPSA) is 110 Å². The average Bonchev–Trinajstić information content (AvgIpc) is 2.46. The van der Waals surface area contributed by atoms with Crippen molar-refractivity contribution < 1.29 is 4.92 Å². The monoisotopic (exact) mass is 266 g/mol. The van der Waals surface area contributed by atoms with Crippen LogP contribution in [0.4, 0.5) is 17.5 Å². The van der Waals surface area contributed by atoms with Crippen molar-refractivity contribution in [3.63, 3.8) is 0 Å². The van der Waals surface area contributed by atoms with E-state index >= 15 is 0 Å². The number of piperidine rings is 1. The van der Waals surface area contributed by atoms with Gasteiger partial charge in [-0.25, -0.2) is 10.8 Å². The third-order valence-corrected chi connectivity index (χ3v) is 3.47. The second-order valence-electron chi connectivity index (χ2n) is 4.67. The molecule has 19 heavy (non-hydrogen) atoms. The van der Waals surface area contributed by atoms with Crippen molar-refractivity contribution in [1.82, 2.24) is 9.97 Å². The number of rotatable bonds is 4. The fourth-order valence-electron chi connectivity index (χ4n) is 2.39. The molecule has 104 valence electrons. The van der Waals surface area contributed by atoms with Gasteiger partial charge in [0.15, 0.2) is 0 Å². The second kappa shape index (κ2) is 5.79. The molecule has 0 spiro atoms. The van der Waals surface area contributed by atoms with Crippen molar-refractivity contribution in [3.05, 3.63) is 16.3 Å². The van der Waals surface area contributed by atoms with Gasteiger partial charge >= 0.3 is 5.69 Å². The summed E-state index contributed by atoms with van der Waals surface area (Å²) in [4.78, 5) is 20.5. The Morgan fingerprint density at radius 1 is 1.68 bits per heavy atom. The molecule has 2 rings (SSSR count). The van der Waals surface area contributed by atoms with Gasteiger partial charge in [0.1, 0.15) is 6.20 Å². The lowest BCUT2D eigenvalue weighted by Gasteiger charge is -2.32. The molecule has 0 aromatic carbocycles. The summed E-state index contributed by atoms with van der Waals surface area (Å²) in [6, 6.07) is 0. The van der Waals surface area contributed by atoms with Crippen LogP contribution in [-0.4, -0.2) is 28.0 Å². The van der Waals surface area contributed by atoms with E-state index in [0.717, 1.165) is 32.4 Å². The summed E-state index contributed by atoms with van der Waals surface area (Å²) in [5, 5.41) is 11.1. The largest absolute Gasteiger partial charge is 0.350 e. The number of nitrogens with two attached hydrogens (primary N) is 1. The number of nitro groups is 1. The maximum Gasteiger partial charge on any atom is 0.329 e. The Balaban J connectivity index is 2.32. The minimum atomic E-state index is -0.453. The van der Waals surface area contributed by atoms with Crippen molar-refractivity contribution in [2.75, 3.05) is 23.4 Å². The summed E-state index contributed by atoms with van der Waals surface area (Å²) in [6.07, 6.45) is 4.45. The van der Waals surface area contributed by atoms with Crippen molar-refractivity contribution >= 4 is 17.5 Å². The fraction of sp³-hybridized carbons (Fsp3) is 0.636. The SMILES string of the molecule is CCC1CCCN(c2nc(NN)ncc2[N+](=O)[O-])C1. The van der Waals surface area contributed by atoms with Gasteiger partial charge in [-0.1, -0.05) is 13.3 Å². The summed E-state index contributed by atoms with van der Waals surface area (Å²) in [7, 11) is 0. The van der Waals surface area contributed by atoms with Crippen LogP contribution in [0.1, 0.15) is 26.2 Å². The zero-order chi connectivity index (χ0) is 13.8. The van der Waals surface area contributed by atoms with Gasteiger partial charge in [0.05, 0.1) is 4.92 Å². The molecule has 1 saturated heterocycles. The summed E-state index contributed by atoms with van der Waals surface area (Å²) in [6.45, 7) is 3.70. The number of aromatic nitrogens is 2. The number of hydrogen-bond donors (Lipinski definition) is 2. The first-order chi connectivity index (χ1) is 9.15. The predicted molar refractivity (Wildman–Crippen MR) is 71.7 cm³/mol. The van der Waals surface area contributed by atoms with Crippen molar-refractivity contribution in [2.45, 2.75) is 26.2 Å². The standard InChI is InChI=1S/C11H18N6O2/c1-2-8-4-3-5-16(7-8)10-9(17(18)19)6-13-11(14-10)15-12/h6,8H,2-5,7,12H2,1H3,(H,13,14,15). The summed E-state index contributed by atoms with van der Waals surface area (Å²) < 4.78 is 0. The van der Waals surface area contributed by atoms with Gasteiger partial charge in [-0.3, -0.25) is 15.5 Å². The van der Waals surface area contributed by atoms with Crippen LogP contribution in [0.3, 0.4) is 0 Å². The number of hydrazine groups is 1. The minimum Gasteiger partial charge on any atom is -0.350 e. The molecular weight excluding hydrogens is 248 g/mol. The smallest absolute Gasteiger partial charge is 0.329 e. The van der Waals surface area contributed by atoms with Crippen LogP contribution < -0.4 is 16.2 Å². The number of hydrogen-bond acceptors (Lipinski definition) is 7. The van der Waals surface area contributed by atoms with Gasteiger partial charge in [0, 0.05) is 13.1 Å². The highest BCUT2D eigenvalue weighted by atomic mass is 16.6. The first-order valence-electron chi connectivity index (χ1n) is 6.38. The van der Waals surface area contributed by atoms with Gasteiger partial charge in [-0.15, -0.1) is 0 Å². The quantitative estimate of drug-likeness (QED) is 0.480. The Labute approximate surface area is 111 Å². The van der Waals surface area contributed by atoms with Gasteiger partial charge in [-0.2, -0.15) is 4.98 Å². The molecule has 0 radical (unpaired) electrons. The predicted octanol–water partition coefficient (Wildman–Crippen LogP) is 1.30. The van der Waals surface area contributed by atoms with E-state index in [9.17, 15) is 10.1 Å². The highest BCUT2D eigenvalue weighted by Crippen LogP contribution is 2.30. The van der Waals surface area contributed by atoms with E-state index in [4.69, 9.17) is 5.84 Å². The molecular formula is C11H18N6O2. The van der Waals surface area contributed by atoms with E-state index in [-0.39, 0.29) is 11.6 Å². The third kappa shape index (κ3) is 2.90. The number of nitrogen functional groups attached to an aromatic ring is 1. The fourth-order valence-corrected chi connectivity index (χ4v) is 2.39. The Bertz CT molecular complexity index is 466. The molecule has 1 atom stereocenters. The number of nitrogens with zero attached hydrogens (tertiary/aromatic N) is 4. The Morgan fingerprint density at radius 2 is 2.47 bits per heavy atom. The van der Waals surface area contributed by atoms with Crippen molar-refractivity contribution in [2.24, 2.45) is 11.8 Å². The minimum absolute atomic E-state index is 0.0734. The molecule has 0 aliphatic carbocycles. The normalized spacial score (nSPS) is 19.3. The molecule has 1 aliphatic heterocycles. The van der Waals surface area contributed by atoms with Crippen LogP contribution in [0, 0.1) is 16.0 Å². The first kappa shape index (κ1) is 13.5. The Kier molecular flexibility index (Phi) is 4.10. The van der Waals surface area contributed by atoms with Gasteiger partial charge in [-0.05, 0) is 18.8 Å². The first-order valence-corrected chi connectivity index (χ1v) is 6.38. The van der Waals surface area contributed by atoms with E-state index in [1.54, 1.807) is 0 Å². The molecule has 8 nitrogen and oxygen atoms in total. The molecule has 1 aromatic heterocycles. The van der Waals surface area contributed by atoms with Crippen LogP contribution in [0.25, 0.3) is 0 Å². The number of anilines is 2. The molecule has 1 aliphatic rings. The van der Waals surface area contributed by atoms with E-state index in [2.05, 4.69) is 22.3 Å². The lowest BCUT2D eigenvalue weighted by atomic mass is 9.96. The number of nitrogens with one attached hydrogen (secondary N) is 1. The molecule has 2 heterocycles. The lowest BCUT2D eigenvalue weighted by molar-refractivity contribution is -0.384. The van der Waals surface area contributed by atoms with Gasteiger partial charge < -0.3 is 4.90 Å². The summed E-state index contributed by atoms with van der Waals surface area (Å²) >= 11 is 0. The van der Waals surface area contributed by atoms with Crippen molar-refractivity contribution in [1.29, 1.82) is 0 Å². The lowest BCUT2D eigenvalue weighted by Crippen LogP contribution is -2.36. The maximum atomic E-state index is 11.1. The zero-order valence-corrected chi connectivity index (χ0v) is 10.9. The highest BCUT2D eigenvalue weighted by Gasteiger charge is 2.27. The van der Waals surface area contributed by atoms with Crippen LogP contribution >= 0.6 is 0 Å². The van der Waals surface area contributed by atoms with Crippen molar-refractivity contribution in [3.8, 4) is 0 Å². The van der Waals surface area contributed by atoms with Gasteiger partial charge in [0.25, 0.3) is 0 Å². The van der Waals surface area contributed by atoms with E-state index in [1.165, 1.54) is 6.20 Å². The molecule has 1 unspecified atom stereocenters. The summed E-state index contributed by atoms with van der Waals surface area (Å²) in [5.74, 6) is 6.36. The molecule has 1 aromatic rings. The molecule has 8 heteroatoms. The van der Waals surface area contributed by atoms with E-state index in [0.29, 0.717) is 11.7 Å². The van der Waals surface area contributed by atoms with Crippen LogP contribution in [0.5, 0.6) is 0 Å². The maximum absolute atomic E-state index is 11.1. The molecule has 0 amide bonds. The molecule has 0 saturated carbocycles. The highest BCUT2D eigenvalue weighted by molar-refractivity contribution is 5.59. The van der Waals surface area contributed by atoms with Crippen LogP contribution in [-0.2, 0) is 0 Å².